The highest BCUT2D eigenvalue weighted by Gasteiger charge is 2.22. The van der Waals surface area contributed by atoms with Gasteiger partial charge in [0.2, 0.25) is 0 Å². The summed E-state index contributed by atoms with van der Waals surface area (Å²) in [4.78, 5) is 30.0. The number of aryl methyl sites for hydroxylation is 1. The second kappa shape index (κ2) is 27.6. The van der Waals surface area contributed by atoms with Gasteiger partial charge in [-0.2, -0.15) is 0 Å². The summed E-state index contributed by atoms with van der Waals surface area (Å²) in [6, 6.07) is 120. The third-order valence-electron chi connectivity index (χ3n) is 21.3. The third kappa shape index (κ3) is 12.1. The van der Waals surface area contributed by atoms with Gasteiger partial charge >= 0.3 is 0 Å². The molecule has 0 amide bonds. The summed E-state index contributed by atoms with van der Waals surface area (Å²) in [6.45, 7) is 10.2. The van der Waals surface area contributed by atoms with Crippen molar-refractivity contribution in [2.24, 2.45) is 0 Å². The van der Waals surface area contributed by atoms with Gasteiger partial charge in [-0.1, -0.05) is 274 Å². The van der Waals surface area contributed by atoms with Crippen molar-refractivity contribution in [3.05, 3.63) is 382 Å². The first kappa shape index (κ1) is 64.4. The monoisotopic (exact) mass is 1380 g/mol. The lowest BCUT2D eigenvalue weighted by Gasteiger charge is -2.20. The lowest BCUT2D eigenvalue weighted by atomic mass is 9.83. The van der Waals surface area contributed by atoms with Crippen molar-refractivity contribution in [2.45, 2.75) is 13.3 Å². The Labute approximate surface area is 625 Å². The van der Waals surface area contributed by atoms with Crippen molar-refractivity contribution in [2.75, 3.05) is 0 Å². The molecule has 16 aromatic carbocycles. The summed E-state index contributed by atoms with van der Waals surface area (Å²) >= 11 is 0. The first-order valence-electron chi connectivity index (χ1n) is 36.5. The van der Waals surface area contributed by atoms with Crippen LogP contribution in [0.25, 0.3) is 203 Å². The number of hydrogen-bond acceptors (Lipinski definition) is 6. The molecule has 0 saturated carbocycles. The van der Waals surface area contributed by atoms with E-state index in [-0.39, 0.29) is 0 Å². The molecule has 0 N–H and O–H groups in total. The van der Waals surface area contributed by atoms with Crippen LogP contribution in [-0.4, -0.2) is 29.9 Å². The van der Waals surface area contributed by atoms with Gasteiger partial charge in [-0.05, 0) is 243 Å². The van der Waals surface area contributed by atoms with Crippen LogP contribution in [0.15, 0.2) is 365 Å². The summed E-state index contributed by atoms with van der Waals surface area (Å²) in [7, 11) is 0. The Hall–Kier alpha value is -14.5. The predicted molar refractivity (Wildman–Crippen MR) is 450 cm³/mol. The van der Waals surface area contributed by atoms with Crippen molar-refractivity contribution in [1.29, 1.82) is 0 Å². The van der Waals surface area contributed by atoms with Crippen molar-refractivity contribution < 1.29 is 0 Å². The number of aromatic nitrogens is 6. The standard InChI is InChI=1S/C52H36N2.C49H29N5/c1-2-34-14-25-45-47(29-34)51(42-21-19-35-9-3-5-11-39(35)30-42)46-26-23-41(32-48(46)52(45)43-22-20-36-10-4-6-12-40(36)31-43)37-15-17-38(18-16-37)44-24-27-50(54-33-44)49-13-7-8-28-53-49;1-50-41-20-22-43-45(27-41)48(39-17-15-32-7-3-5-9-36(32)25-39)42-21-18-37(26-44(42)47(43)38-16-14-31-6-2-4-8-35(31)24-38)33-10-12-34(13-11-33)40-19-23-46(52-28-40)49-53-29-51-30-54-49/h3-33H,2H2,1H3;2-30H. The molecule has 7 heteroatoms. The summed E-state index contributed by atoms with van der Waals surface area (Å²) in [5, 5.41) is 19.3. The highest BCUT2D eigenvalue weighted by atomic mass is 15.0. The SMILES string of the molecule is CCc1ccc2c(-c3ccc4ccccc4c3)c3cc(-c4ccc(-c5ccc(-c6ccccn6)nc5)cc4)ccc3c(-c3ccc4ccccc4c3)c2c1.[C-]#[N+]c1ccc2c(-c3ccc4ccccc4c3)c3cc(-c4ccc(-c5ccc(-c6ncncn6)nc5)cc4)ccc3c(-c3ccc4ccccc4c3)c2c1. The van der Waals surface area contributed by atoms with Crippen LogP contribution in [0.4, 0.5) is 5.69 Å². The fourth-order valence-electron chi connectivity index (χ4n) is 15.8. The molecule has 0 unspecified atom stereocenters. The van der Waals surface area contributed by atoms with Crippen LogP contribution in [0.3, 0.4) is 0 Å². The van der Waals surface area contributed by atoms with Crippen molar-refractivity contribution in [3.8, 4) is 112 Å². The van der Waals surface area contributed by atoms with Crippen molar-refractivity contribution >= 4 is 91.9 Å². The number of pyridine rings is 3. The largest absolute Gasteiger partial charge is 0.255 e. The molecule has 0 aliphatic rings. The van der Waals surface area contributed by atoms with E-state index in [0.29, 0.717) is 17.2 Å². The number of fused-ring (bicyclic) bond motifs is 8. The van der Waals surface area contributed by atoms with E-state index in [2.05, 4.69) is 328 Å². The highest BCUT2D eigenvalue weighted by Crippen LogP contribution is 2.49. The van der Waals surface area contributed by atoms with Gasteiger partial charge in [0.1, 0.15) is 18.3 Å². The predicted octanol–water partition coefficient (Wildman–Crippen LogP) is 26.8. The van der Waals surface area contributed by atoms with E-state index >= 15 is 0 Å². The van der Waals surface area contributed by atoms with E-state index in [1.165, 1.54) is 116 Å². The maximum atomic E-state index is 7.93. The van der Waals surface area contributed by atoms with Crippen LogP contribution in [0.1, 0.15) is 12.5 Å². The lowest BCUT2D eigenvalue weighted by molar-refractivity contribution is 1.04. The van der Waals surface area contributed by atoms with Gasteiger partial charge in [0.05, 0.1) is 18.0 Å². The van der Waals surface area contributed by atoms with Crippen molar-refractivity contribution in [1.82, 2.24) is 29.9 Å². The van der Waals surface area contributed by atoms with Crippen LogP contribution >= 0.6 is 0 Å². The Morgan fingerprint density at radius 2 is 0.593 bits per heavy atom. The summed E-state index contributed by atoms with van der Waals surface area (Å²) in [5.74, 6) is 0.551. The van der Waals surface area contributed by atoms with E-state index in [0.717, 1.165) is 95.0 Å². The van der Waals surface area contributed by atoms with Gasteiger partial charge in [-0.15, -0.1) is 0 Å². The first-order chi connectivity index (χ1) is 53.4. The van der Waals surface area contributed by atoms with Gasteiger partial charge < -0.3 is 0 Å². The number of nitrogens with zero attached hydrogens (tertiary/aromatic N) is 7. The Bertz CT molecular complexity index is 6930. The molecule has 20 rings (SSSR count). The zero-order valence-electron chi connectivity index (χ0n) is 59.0. The van der Waals surface area contributed by atoms with Crippen LogP contribution in [0.5, 0.6) is 0 Å². The molecule has 20 aromatic rings. The van der Waals surface area contributed by atoms with Crippen molar-refractivity contribution in [3.63, 3.8) is 0 Å². The smallest absolute Gasteiger partial charge is 0.187 e. The average Bonchev–Trinajstić information content (AvgIpc) is 0.729. The molecular weight excluding hydrogens is 1310 g/mol. The topological polar surface area (TPSA) is 81.7 Å². The van der Waals surface area contributed by atoms with Crippen LogP contribution in [0, 0.1) is 6.57 Å². The molecule has 0 bridgehead atoms. The number of hydrogen-bond donors (Lipinski definition) is 0. The van der Waals surface area contributed by atoms with E-state index in [1.54, 1.807) is 6.20 Å². The molecule has 504 valence electrons. The van der Waals surface area contributed by atoms with E-state index in [1.807, 2.05) is 54.9 Å². The molecule has 4 aromatic heterocycles. The zero-order chi connectivity index (χ0) is 72.0. The Kier molecular flexibility index (Phi) is 16.5. The number of benzene rings is 16. The molecule has 0 spiro atoms. The summed E-state index contributed by atoms with van der Waals surface area (Å²) in [5.41, 5.74) is 22.9. The molecule has 4 heterocycles. The Morgan fingerprint density at radius 3 is 0.991 bits per heavy atom. The van der Waals surface area contributed by atoms with E-state index in [9.17, 15) is 0 Å². The third-order valence-corrected chi connectivity index (χ3v) is 21.3. The Balaban J connectivity index is 0.000000147. The van der Waals surface area contributed by atoms with E-state index in [4.69, 9.17) is 11.6 Å². The highest BCUT2D eigenvalue weighted by molar-refractivity contribution is 6.25. The molecule has 7 nitrogen and oxygen atoms in total. The van der Waals surface area contributed by atoms with Crippen LogP contribution < -0.4 is 0 Å². The molecule has 0 fully saturated rings. The molecule has 0 aliphatic carbocycles. The van der Waals surface area contributed by atoms with Gasteiger partial charge in [-0.3, -0.25) is 15.0 Å². The van der Waals surface area contributed by atoms with Crippen LogP contribution in [0.2, 0.25) is 0 Å². The molecule has 0 atom stereocenters. The maximum Gasteiger partial charge on any atom is 0.187 e. The van der Waals surface area contributed by atoms with Gasteiger partial charge in [-0.25, -0.2) is 19.8 Å². The quantitative estimate of drug-likeness (QED) is 0.0948. The Morgan fingerprint density at radius 1 is 0.250 bits per heavy atom. The van der Waals surface area contributed by atoms with Gasteiger partial charge in [0, 0.05) is 29.7 Å². The zero-order valence-corrected chi connectivity index (χ0v) is 59.0. The molecule has 0 radical (unpaired) electrons. The minimum atomic E-state index is 0.551. The maximum absolute atomic E-state index is 7.93. The summed E-state index contributed by atoms with van der Waals surface area (Å²) < 4.78 is 0. The van der Waals surface area contributed by atoms with E-state index < -0.39 is 0 Å². The number of rotatable bonds is 11. The molecule has 108 heavy (non-hydrogen) atoms. The second-order valence-corrected chi connectivity index (χ2v) is 27.5. The molecular formula is C101H65N7. The van der Waals surface area contributed by atoms with Gasteiger partial charge in [0.25, 0.3) is 0 Å². The molecule has 0 saturated heterocycles. The summed E-state index contributed by atoms with van der Waals surface area (Å²) in [6.07, 6.45) is 9.54. The minimum absolute atomic E-state index is 0.551. The second-order valence-electron chi connectivity index (χ2n) is 27.5. The van der Waals surface area contributed by atoms with Crippen LogP contribution in [-0.2, 0) is 6.42 Å². The van der Waals surface area contributed by atoms with Gasteiger partial charge in [0.15, 0.2) is 11.5 Å². The fraction of sp³-hybridized carbons (Fsp3) is 0.0198. The lowest BCUT2D eigenvalue weighted by Crippen LogP contribution is -1.93. The fourth-order valence-corrected chi connectivity index (χ4v) is 15.8. The normalized spacial score (nSPS) is 11.4. The minimum Gasteiger partial charge on any atom is -0.255 e. The molecule has 0 aliphatic heterocycles. The average molecular weight is 1380 g/mol. The first-order valence-corrected chi connectivity index (χ1v) is 36.5.